The van der Waals surface area contributed by atoms with Crippen molar-refractivity contribution >= 4 is 38.3 Å². The van der Waals surface area contributed by atoms with Crippen LogP contribution in [-0.2, 0) is 35.1 Å². The SMILES string of the molecule is COC1(OC)C(C(=O)NO)N(S(=O)(=O)c2ccc(Oc3ccc(Cl)cc3)cc2)CCS1=O. The van der Waals surface area contributed by atoms with Crippen molar-refractivity contribution in [3.8, 4) is 11.5 Å². The number of methoxy groups -OCH3 is 2. The van der Waals surface area contributed by atoms with Crippen LogP contribution in [0.1, 0.15) is 0 Å². The maximum absolute atomic E-state index is 13.4. The zero-order valence-electron chi connectivity index (χ0n) is 17.1. The molecule has 2 unspecified atom stereocenters. The van der Waals surface area contributed by atoms with E-state index in [2.05, 4.69) is 0 Å². The second kappa shape index (κ2) is 9.83. The van der Waals surface area contributed by atoms with E-state index in [1.54, 1.807) is 24.3 Å². The molecule has 0 spiro atoms. The van der Waals surface area contributed by atoms with Gasteiger partial charge in [-0.3, -0.25) is 14.2 Å². The van der Waals surface area contributed by atoms with Gasteiger partial charge in [0.15, 0.2) is 6.04 Å². The molecule has 1 saturated heterocycles. The summed E-state index contributed by atoms with van der Waals surface area (Å²) in [5.74, 6) is -0.409. The summed E-state index contributed by atoms with van der Waals surface area (Å²) in [6.45, 7) is -0.259. The highest BCUT2D eigenvalue weighted by atomic mass is 35.5. The predicted octanol–water partition coefficient (Wildman–Crippen LogP) is 1.71. The van der Waals surface area contributed by atoms with Gasteiger partial charge in [0.1, 0.15) is 11.5 Å². The zero-order valence-corrected chi connectivity index (χ0v) is 19.4. The monoisotopic (exact) mass is 504 g/mol. The van der Waals surface area contributed by atoms with E-state index in [4.69, 9.17) is 25.8 Å². The summed E-state index contributed by atoms with van der Waals surface area (Å²) in [5, 5.41) is 7.63. The fraction of sp³-hybridized carbons (Fsp3) is 0.316. The van der Waals surface area contributed by atoms with E-state index in [9.17, 15) is 22.6 Å². The first-order valence-electron chi connectivity index (χ1n) is 9.17. The second-order valence-electron chi connectivity index (χ2n) is 6.58. The van der Waals surface area contributed by atoms with Crippen molar-refractivity contribution in [1.82, 2.24) is 9.79 Å². The first-order valence-corrected chi connectivity index (χ1v) is 12.3. The molecule has 0 aliphatic carbocycles. The highest BCUT2D eigenvalue weighted by Crippen LogP contribution is 2.34. The van der Waals surface area contributed by atoms with Crippen molar-refractivity contribution < 1.29 is 36.8 Å². The Balaban J connectivity index is 1.93. The van der Waals surface area contributed by atoms with Gasteiger partial charge in [0.25, 0.3) is 11.0 Å². The van der Waals surface area contributed by atoms with Gasteiger partial charge in [-0.1, -0.05) is 11.6 Å². The van der Waals surface area contributed by atoms with Crippen LogP contribution in [0.5, 0.6) is 11.5 Å². The van der Waals surface area contributed by atoms with Gasteiger partial charge in [-0.25, -0.2) is 13.9 Å². The highest BCUT2D eigenvalue weighted by molar-refractivity contribution is 7.90. The molecule has 174 valence electrons. The molecule has 0 saturated carbocycles. The standard InChI is InChI=1S/C19H21ClN2O8S2/c1-28-19(29-2)17(18(23)21-24)22(11-12-31(19)25)32(26,27)16-9-7-15(8-10-16)30-14-5-3-13(20)4-6-14/h3-10,17,24H,11-12H2,1-2H3,(H,21,23). The number of nitrogens with one attached hydrogen (secondary N) is 1. The van der Waals surface area contributed by atoms with Crippen molar-refractivity contribution in [3.63, 3.8) is 0 Å². The molecule has 3 rings (SSSR count). The minimum Gasteiger partial charge on any atom is -0.457 e. The molecule has 10 nitrogen and oxygen atoms in total. The topological polar surface area (TPSA) is 131 Å². The molecule has 2 aromatic rings. The minimum atomic E-state index is -4.28. The van der Waals surface area contributed by atoms with Crippen molar-refractivity contribution in [2.24, 2.45) is 0 Å². The average Bonchev–Trinajstić information content (AvgIpc) is 2.80. The number of halogens is 1. The lowest BCUT2D eigenvalue weighted by molar-refractivity contribution is -0.184. The van der Waals surface area contributed by atoms with Crippen LogP contribution in [0.15, 0.2) is 53.4 Å². The van der Waals surface area contributed by atoms with Crippen molar-refractivity contribution in [2.45, 2.75) is 16.1 Å². The molecule has 1 amide bonds. The van der Waals surface area contributed by atoms with Crippen LogP contribution in [-0.4, -0.2) is 65.7 Å². The molecule has 0 bridgehead atoms. The number of amides is 1. The molecular formula is C19H21ClN2O8S2. The number of sulfonamides is 1. The summed E-state index contributed by atoms with van der Waals surface area (Å²) in [5.41, 5.74) is 1.40. The Labute approximate surface area is 192 Å². The Morgan fingerprint density at radius 3 is 2.16 bits per heavy atom. The molecule has 1 heterocycles. The Bertz CT molecular complexity index is 1090. The Morgan fingerprint density at radius 2 is 1.66 bits per heavy atom. The second-order valence-corrected chi connectivity index (χ2v) is 10.6. The van der Waals surface area contributed by atoms with Gasteiger partial charge < -0.3 is 14.2 Å². The van der Waals surface area contributed by atoms with Crippen LogP contribution >= 0.6 is 11.6 Å². The molecule has 2 atom stereocenters. The zero-order chi connectivity index (χ0) is 23.5. The van der Waals surface area contributed by atoms with E-state index in [-0.39, 0.29) is 17.2 Å². The van der Waals surface area contributed by atoms with Gasteiger partial charge in [-0.05, 0) is 48.5 Å². The number of carbonyl (C=O) groups excluding carboxylic acids is 1. The number of carbonyl (C=O) groups is 1. The third-order valence-electron chi connectivity index (χ3n) is 4.84. The molecule has 1 aliphatic rings. The molecule has 13 heteroatoms. The summed E-state index contributed by atoms with van der Waals surface area (Å²) in [6, 6.07) is 10.4. The number of hydrogen-bond acceptors (Lipinski definition) is 8. The Kier molecular flexibility index (Phi) is 7.55. The maximum atomic E-state index is 13.4. The third kappa shape index (κ3) is 4.53. The summed E-state index contributed by atoms with van der Waals surface area (Å²) < 4.78 is 56.2. The van der Waals surface area contributed by atoms with Crippen molar-refractivity contribution in [3.05, 3.63) is 53.6 Å². The quantitative estimate of drug-likeness (QED) is 0.331. The predicted molar refractivity (Wildman–Crippen MR) is 115 cm³/mol. The van der Waals surface area contributed by atoms with Crippen molar-refractivity contribution in [2.75, 3.05) is 26.5 Å². The molecule has 0 radical (unpaired) electrons. The van der Waals surface area contributed by atoms with Gasteiger partial charge in [0, 0.05) is 31.5 Å². The van der Waals surface area contributed by atoms with Crippen LogP contribution in [0.4, 0.5) is 0 Å². The van der Waals surface area contributed by atoms with Crippen LogP contribution in [0.2, 0.25) is 5.02 Å². The highest BCUT2D eigenvalue weighted by Gasteiger charge is 2.58. The van der Waals surface area contributed by atoms with Gasteiger partial charge in [-0.2, -0.15) is 4.31 Å². The van der Waals surface area contributed by atoms with E-state index in [1.807, 2.05) is 0 Å². The molecule has 2 N–H and O–H groups in total. The number of hydrogen-bond donors (Lipinski definition) is 2. The van der Waals surface area contributed by atoms with E-state index in [0.29, 0.717) is 16.5 Å². The van der Waals surface area contributed by atoms with Crippen LogP contribution < -0.4 is 10.2 Å². The summed E-state index contributed by atoms with van der Waals surface area (Å²) in [7, 11) is -3.89. The summed E-state index contributed by atoms with van der Waals surface area (Å²) in [4.78, 5) is 12.3. The lowest BCUT2D eigenvalue weighted by Gasteiger charge is -2.44. The van der Waals surface area contributed by atoms with Gasteiger partial charge >= 0.3 is 0 Å². The lowest BCUT2D eigenvalue weighted by Crippen LogP contribution is -2.68. The molecular weight excluding hydrogens is 484 g/mol. The summed E-state index contributed by atoms with van der Waals surface area (Å²) >= 11 is 5.85. The number of ether oxygens (including phenoxy) is 3. The van der Waals surface area contributed by atoms with Gasteiger partial charge in [-0.15, -0.1) is 0 Å². The first kappa shape index (κ1) is 24.6. The average molecular weight is 505 g/mol. The first-order chi connectivity index (χ1) is 15.2. The smallest absolute Gasteiger partial charge is 0.273 e. The molecule has 0 aromatic heterocycles. The largest absolute Gasteiger partial charge is 0.457 e. The number of hydroxylamine groups is 1. The normalized spacial score (nSPS) is 21.1. The number of benzene rings is 2. The number of rotatable bonds is 7. The summed E-state index contributed by atoms with van der Waals surface area (Å²) in [6.07, 6.45) is 0. The van der Waals surface area contributed by atoms with Gasteiger partial charge in [0.05, 0.1) is 15.7 Å². The van der Waals surface area contributed by atoms with Crippen LogP contribution in [0.25, 0.3) is 0 Å². The molecule has 1 fully saturated rings. The maximum Gasteiger partial charge on any atom is 0.273 e. The van der Waals surface area contributed by atoms with E-state index in [0.717, 1.165) is 18.5 Å². The van der Waals surface area contributed by atoms with E-state index >= 15 is 0 Å². The lowest BCUT2D eigenvalue weighted by atomic mass is 10.2. The van der Waals surface area contributed by atoms with Crippen LogP contribution in [0, 0.1) is 0 Å². The minimum absolute atomic E-state index is 0.145. The van der Waals surface area contributed by atoms with Crippen molar-refractivity contribution in [1.29, 1.82) is 0 Å². The van der Waals surface area contributed by atoms with E-state index in [1.165, 1.54) is 29.7 Å². The van der Waals surface area contributed by atoms with Crippen LogP contribution in [0.3, 0.4) is 0 Å². The van der Waals surface area contributed by atoms with Gasteiger partial charge in [0.2, 0.25) is 10.0 Å². The fourth-order valence-electron chi connectivity index (χ4n) is 3.30. The van der Waals surface area contributed by atoms with E-state index < -0.39 is 37.9 Å². The molecule has 2 aromatic carbocycles. The number of nitrogens with zero attached hydrogens (tertiary/aromatic N) is 1. The third-order valence-corrected chi connectivity index (χ3v) is 8.72. The Hall–Kier alpha value is -2.06. The fourth-order valence-corrected chi connectivity index (χ4v) is 6.71. The molecule has 32 heavy (non-hydrogen) atoms. The molecule has 1 aliphatic heterocycles. The Morgan fingerprint density at radius 1 is 1.12 bits per heavy atom.